The number of thioether (sulfide) groups is 1. The van der Waals surface area contributed by atoms with Gasteiger partial charge in [-0.3, -0.25) is 4.79 Å². The molecular formula is C25H36O2S. The predicted octanol–water partition coefficient (Wildman–Crippen LogP) is 7.87. The molecule has 2 aromatic rings. The first-order valence-corrected chi connectivity index (χ1v) is 12.0. The summed E-state index contributed by atoms with van der Waals surface area (Å²) in [6.45, 7) is 4.53. The molecule has 154 valence electrons. The molecule has 0 radical (unpaired) electrons. The third kappa shape index (κ3) is 7.50. The minimum absolute atomic E-state index is 0.0159. The van der Waals surface area contributed by atoms with Crippen molar-refractivity contribution < 1.29 is 9.90 Å². The van der Waals surface area contributed by atoms with Gasteiger partial charge in [0.15, 0.2) is 0 Å². The van der Waals surface area contributed by atoms with Gasteiger partial charge in [-0.2, -0.15) is 11.8 Å². The van der Waals surface area contributed by atoms with Crippen LogP contribution in [-0.2, 0) is 4.79 Å². The lowest BCUT2D eigenvalue weighted by Gasteiger charge is -2.21. The van der Waals surface area contributed by atoms with E-state index in [9.17, 15) is 9.90 Å². The number of unbranched alkanes of at least 4 members (excludes halogenated alkanes) is 5. The van der Waals surface area contributed by atoms with Crippen LogP contribution in [0.1, 0.15) is 82.4 Å². The van der Waals surface area contributed by atoms with Gasteiger partial charge in [0, 0.05) is 5.25 Å². The van der Waals surface area contributed by atoms with E-state index in [0.29, 0.717) is 5.92 Å². The zero-order valence-corrected chi connectivity index (χ0v) is 18.3. The maximum Gasteiger partial charge on any atom is 0.304 e. The van der Waals surface area contributed by atoms with Gasteiger partial charge in [0.2, 0.25) is 0 Å². The highest BCUT2D eigenvalue weighted by Crippen LogP contribution is 2.38. The number of fused-ring (bicyclic) bond motifs is 1. The van der Waals surface area contributed by atoms with Crippen molar-refractivity contribution in [1.82, 2.24) is 0 Å². The number of hydrogen-bond acceptors (Lipinski definition) is 2. The third-order valence-electron chi connectivity index (χ3n) is 5.61. The molecule has 0 fully saturated rings. The molecule has 28 heavy (non-hydrogen) atoms. The van der Waals surface area contributed by atoms with Crippen molar-refractivity contribution in [3.05, 3.63) is 48.0 Å². The Hall–Kier alpha value is -1.48. The highest BCUT2D eigenvalue weighted by Gasteiger charge is 2.20. The highest BCUT2D eigenvalue weighted by molar-refractivity contribution is 7.99. The van der Waals surface area contributed by atoms with Gasteiger partial charge in [0.05, 0.1) is 6.42 Å². The first-order chi connectivity index (χ1) is 13.7. The van der Waals surface area contributed by atoms with Crippen LogP contribution < -0.4 is 0 Å². The largest absolute Gasteiger partial charge is 0.481 e. The Morgan fingerprint density at radius 2 is 1.68 bits per heavy atom. The molecule has 0 spiro atoms. The van der Waals surface area contributed by atoms with Crippen molar-refractivity contribution in [2.24, 2.45) is 5.92 Å². The van der Waals surface area contributed by atoms with E-state index in [1.165, 1.54) is 67.7 Å². The smallest absolute Gasteiger partial charge is 0.304 e. The molecule has 2 unspecified atom stereocenters. The zero-order valence-electron chi connectivity index (χ0n) is 17.5. The molecule has 2 atom stereocenters. The molecule has 0 aliphatic rings. The molecule has 0 aliphatic carbocycles. The summed E-state index contributed by atoms with van der Waals surface area (Å²) in [7, 11) is 0. The van der Waals surface area contributed by atoms with Crippen molar-refractivity contribution >= 4 is 28.5 Å². The minimum Gasteiger partial charge on any atom is -0.481 e. The van der Waals surface area contributed by atoms with Crippen molar-refractivity contribution in [2.45, 2.75) is 76.9 Å². The second-order valence-corrected chi connectivity index (χ2v) is 9.05. The van der Waals surface area contributed by atoms with Gasteiger partial charge in [-0.25, -0.2) is 0 Å². The lowest BCUT2D eigenvalue weighted by atomic mass is 9.99. The topological polar surface area (TPSA) is 37.3 Å². The highest BCUT2D eigenvalue weighted by atomic mass is 32.2. The fraction of sp³-hybridized carbons (Fsp3) is 0.560. The maximum absolute atomic E-state index is 11.5. The van der Waals surface area contributed by atoms with Gasteiger partial charge in [0.25, 0.3) is 0 Å². The predicted molar refractivity (Wildman–Crippen MR) is 123 cm³/mol. The number of carboxylic acid groups (broad SMARTS) is 1. The average Bonchev–Trinajstić information content (AvgIpc) is 2.71. The van der Waals surface area contributed by atoms with Crippen LogP contribution >= 0.6 is 11.8 Å². The third-order valence-corrected chi connectivity index (χ3v) is 7.09. The van der Waals surface area contributed by atoms with E-state index < -0.39 is 5.97 Å². The molecule has 3 heteroatoms. The molecule has 0 saturated carbocycles. The van der Waals surface area contributed by atoms with Crippen LogP contribution in [0.4, 0.5) is 0 Å². The fourth-order valence-electron chi connectivity index (χ4n) is 3.82. The Bertz CT molecular complexity index is 707. The number of benzene rings is 2. The molecule has 1 N–H and O–H groups in total. The van der Waals surface area contributed by atoms with Crippen molar-refractivity contribution in [2.75, 3.05) is 5.75 Å². The van der Waals surface area contributed by atoms with Crippen LogP contribution in [0.5, 0.6) is 0 Å². The summed E-state index contributed by atoms with van der Waals surface area (Å²) in [4.78, 5) is 11.5. The van der Waals surface area contributed by atoms with Crippen LogP contribution in [0.2, 0.25) is 0 Å². The normalized spacial score (nSPS) is 13.5. The van der Waals surface area contributed by atoms with Crippen molar-refractivity contribution in [3.63, 3.8) is 0 Å². The Morgan fingerprint density at radius 3 is 2.43 bits per heavy atom. The molecular weight excluding hydrogens is 364 g/mol. The van der Waals surface area contributed by atoms with Crippen LogP contribution in [-0.4, -0.2) is 16.8 Å². The van der Waals surface area contributed by atoms with E-state index in [4.69, 9.17) is 0 Å². The molecule has 0 bridgehead atoms. The molecule has 0 heterocycles. The van der Waals surface area contributed by atoms with E-state index >= 15 is 0 Å². The number of carboxylic acids is 1. The summed E-state index contributed by atoms with van der Waals surface area (Å²) < 4.78 is 0. The van der Waals surface area contributed by atoms with Gasteiger partial charge in [-0.05, 0) is 34.4 Å². The quantitative estimate of drug-likeness (QED) is 0.328. The van der Waals surface area contributed by atoms with Gasteiger partial charge < -0.3 is 5.11 Å². The summed E-state index contributed by atoms with van der Waals surface area (Å²) in [5, 5.41) is 11.9. The number of rotatable bonds is 14. The summed E-state index contributed by atoms with van der Waals surface area (Å²) in [6.07, 6.45) is 10.7. The van der Waals surface area contributed by atoms with Gasteiger partial charge >= 0.3 is 5.97 Å². The summed E-state index contributed by atoms with van der Waals surface area (Å²) in [5.74, 6) is 1.02. The van der Waals surface area contributed by atoms with Crippen LogP contribution in [0.25, 0.3) is 10.8 Å². The first-order valence-electron chi connectivity index (χ1n) is 11.0. The molecule has 0 aliphatic heterocycles. The second-order valence-electron chi connectivity index (χ2n) is 7.82. The number of carbonyl (C=O) groups is 1. The van der Waals surface area contributed by atoms with Gasteiger partial charge in [-0.1, -0.05) is 101 Å². The molecule has 2 aromatic carbocycles. The molecule has 2 rings (SSSR count). The van der Waals surface area contributed by atoms with Crippen molar-refractivity contribution in [3.8, 4) is 0 Å². The fourth-order valence-corrected chi connectivity index (χ4v) is 5.37. The lowest BCUT2D eigenvalue weighted by Crippen LogP contribution is -2.09. The zero-order chi connectivity index (χ0) is 20.2. The van der Waals surface area contributed by atoms with Crippen LogP contribution in [0, 0.1) is 5.92 Å². The van der Waals surface area contributed by atoms with Crippen LogP contribution in [0.3, 0.4) is 0 Å². The van der Waals surface area contributed by atoms with E-state index in [2.05, 4.69) is 44.2 Å². The van der Waals surface area contributed by atoms with E-state index in [1.807, 2.05) is 23.9 Å². The van der Waals surface area contributed by atoms with E-state index in [-0.39, 0.29) is 11.7 Å². The Morgan fingerprint density at radius 1 is 0.964 bits per heavy atom. The Balaban J connectivity index is 1.96. The van der Waals surface area contributed by atoms with E-state index in [0.717, 1.165) is 5.75 Å². The van der Waals surface area contributed by atoms with Crippen LogP contribution in [0.15, 0.2) is 42.5 Å². The molecule has 0 aromatic heterocycles. The van der Waals surface area contributed by atoms with Gasteiger partial charge in [0.1, 0.15) is 0 Å². The van der Waals surface area contributed by atoms with E-state index in [1.54, 1.807) is 0 Å². The lowest BCUT2D eigenvalue weighted by molar-refractivity contribution is -0.137. The number of hydrogen-bond donors (Lipinski definition) is 1. The SMILES string of the molecule is CCCCCCCCC(CC)CSC(CC(=O)O)c1cccc2ccccc12. The minimum atomic E-state index is -0.714. The second kappa shape index (κ2) is 12.9. The number of aliphatic carboxylic acids is 1. The first kappa shape index (κ1) is 22.8. The Kier molecular flexibility index (Phi) is 10.5. The Labute approximate surface area is 175 Å². The maximum atomic E-state index is 11.5. The average molecular weight is 401 g/mol. The molecule has 0 saturated heterocycles. The molecule has 0 amide bonds. The monoisotopic (exact) mass is 400 g/mol. The summed E-state index contributed by atoms with van der Waals surface area (Å²) in [6, 6.07) is 14.6. The molecule has 2 nitrogen and oxygen atoms in total. The standard InChI is InChI=1S/C25H36O2S/c1-3-5-6-7-8-9-13-20(4-2)19-28-24(18-25(26)27)23-17-12-15-21-14-10-11-16-22(21)23/h10-12,14-17,20,24H,3-9,13,18-19H2,1-2H3,(H,26,27). The van der Waals surface area contributed by atoms with Crippen molar-refractivity contribution in [1.29, 1.82) is 0 Å². The van der Waals surface area contributed by atoms with Gasteiger partial charge in [-0.15, -0.1) is 0 Å². The summed E-state index contributed by atoms with van der Waals surface area (Å²) >= 11 is 1.84. The summed E-state index contributed by atoms with van der Waals surface area (Å²) in [5.41, 5.74) is 1.17.